The molecule has 0 saturated carbocycles. The van der Waals surface area contributed by atoms with Gasteiger partial charge in [0.1, 0.15) is 0 Å². The third-order valence-corrected chi connectivity index (χ3v) is 4.56. The van der Waals surface area contributed by atoms with Gasteiger partial charge in [0, 0.05) is 5.41 Å². The lowest BCUT2D eigenvalue weighted by atomic mass is 9.70. The largest absolute Gasteiger partial charge is 0.397 e. The quantitative estimate of drug-likeness (QED) is 0.509. The van der Waals surface area contributed by atoms with Crippen molar-refractivity contribution in [2.45, 2.75) is 12.3 Å². The molecule has 3 aromatic rings. The number of benzene rings is 3. The molecular formula is C20H21N3. The van der Waals surface area contributed by atoms with Gasteiger partial charge in [-0.3, -0.25) is 0 Å². The number of anilines is 3. The van der Waals surface area contributed by atoms with Crippen LogP contribution in [0.1, 0.15) is 23.6 Å². The Morgan fingerprint density at radius 1 is 0.609 bits per heavy atom. The number of hydrogen-bond donors (Lipinski definition) is 3. The monoisotopic (exact) mass is 303 g/mol. The molecule has 0 heterocycles. The van der Waals surface area contributed by atoms with Crippen LogP contribution in [-0.2, 0) is 5.41 Å². The van der Waals surface area contributed by atoms with E-state index in [1.165, 1.54) is 0 Å². The van der Waals surface area contributed by atoms with Crippen molar-refractivity contribution in [1.82, 2.24) is 0 Å². The molecule has 0 fully saturated rings. The van der Waals surface area contributed by atoms with Gasteiger partial charge >= 0.3 is 0 Å². The summed E-state index contributed by atoms with van der Waals surface area (Å²) in [5.41, 5.74) is 22.7. The molecule has 6 N–H and O–H groups in total. The van der Waals surface area contributed by atoms with Gasteiger partial charge in [0.25, 0.3) is 0 Å². The van der Waals surface area contributed by atoms with Gasteiger partial charge in [0.15, 0.2) is 0 Å². The van der Waals surface area contributed by atoms with E-state index >= 15 is 0 Å². The fourth-order valence-corrected chi connectivity index (χ4v) is 3.11. The van der Waals surface area contributed by atoms with Crippen molar-refractivity contribution in [2.75, 3.05) is 17.2 Å². The third kappa shape index (κ3) is 2.40. The van der Waals surface area contributed by atoms with E-state index in [1.54, 1.807) is 0 Å². The Kier molecular flexibility index (Phi) is 3.70. The summed E-state index contributed by atoms with van der Waals surface area (Å²) >= 11 is 0. The van der Waals surface area contributed by atoms with Crippen molar-refractivity contribution in [2.24, 2.45) is 0 Å². The molecule has 23 heavy (non-hydrogen) atoms. The molecule has 0 atom stereocenters. The Bertz CT molecular complexity index is 772. The topological polar surface area (TPSA) is 78.1 Å². The van der Waals surface area contributed by atoms with Gasteiger partial charge in [-0.25, -0.2) is 0 Å². The minimum absolute atomic E-state index is 0.408. The molecule has 0 aliphatic rings. The Morgan fingerprint density at radius 3 is 1.57 bits per heavy atom. The van der Waals surface area contributed by atoms with E-state index in [4.69, 9.17) is 17.2 Å². The molecule has 3 aromatic carbocycles. The highest BCUT2D eigenvalue weighted by Gasteiger charge is 2.33. The van der Waals surface area contributed by atoms with Crippen molar-refractivity contribution in [3.8, 4) is 0 Å². The van der Waals surface area contributed by atoms with Crippen LogP contribution in [0.25, 0.3) is 0 Å². The molecule has 0 unspecified atom stereocenters. The second-order valence-electron chi connectivity index (χ2n) is 5.89. The van der Waals surface area contributed by atoms with Gasteiger partial charge in [-0.05, 0) is 29.7 Å². The standard InChI is InChI=1S/C20H21N3/c1-20(14-8-4-2-5-9-14,15-10-6-3-7-11-15)16-12-13-17(21)19(23)18(16)22/h2-13H,21-23H2,1H3. The number of nitrogens with two attached hydrogens (primary N) is 3. The van der Waals surface area contributed by atoms with Crippen molar-refractivity contribution < 1.29 is 0 Å². The highest BCUT2D eigenvalue weighted by atomic mass is 14.7. The average molecular weight is 303 g/mol. The van der Waals surface area contributed by atoms with Gasteiger partial charge < -0.3 is 17.2 Å². The van der Waals surface area contributed by atoms with Crippen LogP contribution in [0.3, 0.4) is 0 Å². The van der Waals surface area contributed by atoms with Crippen molar-refractivity contribution >= 4 is 17.1 Å². The van der Waals surface area contributed by atoms with Gasteiger partial charge in [-0.15, -0.1) is 0 Å². The molecule has 3 heteroatoms. The van der Waals surface area contributed by atoms with Crippen LogP contribution in [0.4, 0.5) is 17.1 Å². The van der Waals surface area contributed by atoms with Crippen LogP contribution in [0.2, 0.25) is 0 Å². The highest BCUT2D eigenvalue weighted by Crippen LogP contribution is 2.43. The minimum Gasteiger partial charge on any atom is -0.397 e. The van der Waals surface area contributed by atoms with Gasteiger partial charge in [0.05, 0.1) is 17.1 Å². The zero-order valence-electron chi connectivity index (χ0n) is 13.2. The molecule has 0 aliphatic carbocycles. The van der Waals surface area contributed by atoms with Crippen molar-refractivity contribution in [3.63, 3.8) is 0 Å². The van der Waals surface area contributed by atoms with Crippen LogP contribution in [0.5, 0.6) is 0 Å². The third-order valence-electron chi connectivity index (χ3n) is 4.56. The first-order chi connectivity index (χ1) is 11.0. The molecule has 0 aliphatic heterocycles. The molecule has 0 radical (unpaired) electrons. The second kappa shape index (κ2) is 5.69. The first-order valence-electron chi connectivity index (χ1n) is 7.60. The van der Waals surface area contributed by atoms with Crippen LogP contribution in [-0.4, -0.2) is 0 Å². The molecule has 0 bridgehead atoms. The zero-order valence-corrected chi connectivity index (χ0v) is 13.2. The van der Waals surface area contributed by atoms with E-state index in [2.05, 4.69) is 31.2 Å². The molecule has 116 valence electrons. The maximum Gasteiger partial charge on any atom is 0.0784 e. The lowest BCUT2D eigenvalue weighted by molar-refractivity contribution is 0.695. The smallest absolute Gasteiger partial charge is 0.0784 e. The second-order valence-corrected chi connectivity index (χ2v) is 5.89. The maximum absolute atomic E-state index is 6.34. The lowest BCUT2D eigenvalue weighted by Crippen LogP contribution is -2.27. The first-order valence-corrected chi connectivity index (χ1v) is 7.60. The fraction of sp³-hybridized carbons (Fsp3) is 0.100. The van der Waals surface area contributed by atoms with E-state index in [0.29, 0.717) is 17.1 Å². The van der Waals surface area contributed by atoms with E-state index in [9.17, 15) is 0 Å². The Balaban J connectivity index is 2.32. The van der Waals surface area contributed by atoms with Gasteiger partial charge in [-0.2, -0.15) is 0 Å². The predicted molar refractivity (Wildman–Crippen MR) is 98.1 cm³/mol. The van der Waals surface area contributed by atoms with E-state index < -0.39 is 5.41 Å². The fourth-order valence-electron chi connectivity index (χ4n) is 3.11. The van der Waals surface area contributed by atoms with Crippen LogP contribution in [0, 0.1) is 0 Å². The predicted octanol–water partition coefficient (Wildman–Crippen LogP) is 3.79. The van der Waals surface area contributed by atoms with Crippen LogP contribution < -0.4 is 17.2 Å². The Morgan fingerprint density at radius 2 is 1.09 bits per heavy atom. The molecule has 0 spiro atoms. The molecular weight excluding hydrogens is 282 g/mol. The van der Waals surface area contributed by atoms with E-state index in [0.717, 1.165) is 16.7 Å². The lowest BCUT2D eigenvalue weighted by Gasteiger charge is -2.33. The average Bonchev–Trinajstić information content (AvgIpc) is 2.61. The Hall–Kier alpha value is -2.94. The molecule has 3 nitrogen and oxygen atoms in total. The van der Waals surface area contributed by atoms with Crippen molar-refractivity contribution in [1.29, 1.82) is 0 Å². The highest BCUT2D eigenvalue weighted by molar-refractivity contribution is 5.82. The van der Waals surface area contributed by atoms with Gasteiger partial charge in [-0.1, -0.05) is 66.7 Å². The number of nitrogen functional groups attached to an aromatic ring is 3. The van der Waals surface area contributed by atoms with Crippen molar-refractivity contribution in [3.05, 3.63) is 89.5 Å². The van der Waals surface area contributed by atoms with Crippen LogP contribution in [0.15, 0.2) is 72.8 Å². The molecule has 0 amide bonds. The maximum atomic E-state index is 6.34. The summed E-state index contributed by atoms with van der Waals surface area (Å²) in [5.74, 6) is 0. The van der Waals surface area contributed by atoms with E-state index in [1.807, 2.05) is 48.5 Å². The van der Waals surface area contributed by atoms with Crippen LogP contribution >= 0.6 is 0 Å². The summed E-state index contributed by atoms with van der Waals surface area (Å²) < 4.78 is 0. The molecule has 3 rings (SSSR count). The summed E-state index contributed by atoms with van der Waals surface area (Å²) in [4.78, 5) is 0. The molecule has 0 aromatic heterocycles. The summed E-state index contributed by atoms with van der Waals surface area (Å²) in [7, 11) is 0. The van der Waals surface area contributed by atoms with Gasteiger partial charge in [0.2, 0.25) is 0 Å². The number of hydrogen-bond acceptors (Lipinski definition) is 3. The zero-order chi connectivity index (χ0) is 16.4. The first kappa shape index (κ1) is 15.0. The summed E-state index contributed by atoms with van der Waals surface area (Å²) in [6.45, 7) is 2.17. The Labute approximate surface area is 136 Å². The SMILES string of the molecule is CC(c1ccccc1)(c1ccccc1)c1ccc(N)c(N)c1N. The normalized spacial score (nSPS) is 11.3. The molecule has 0 saturated heterocycles. The summed E-state index contributed by atoms with van der Waals surface area (Å²) in [6.07, 6.45) is 0. The summed E-state index contributed by atoms with van der Waals surface area (Å²) in [6, 6.07) is 24.4. The summed E-state index contributed by atoms with van der Waals surface area (Å²) in [5, 5.41) is 0. The minimum atomic E-state index is -0.408. The number of rotatable bonds is 3. The van der Waals surface area contributed by atoms with E-state index in [-0.39, 0.29) is 0 Å².